The Labute approximate surface area is 117 Å². The molecule has 1 aromatic carbocycles. The predicted molar refractivity (Wildman–Crippen MR) is 79.8 cm³/mol. The van der Waals surface area contributed by atoms with Crippen molar-refractivity contribution in [2.75, 3.05) is 36.7 Å². The van der Waals surface area contributed by atoms with E-state index in [2.05, 4.69) is 5.10 Å². The maximum atomic E-state index is 11.6. The van der Waals surface area contributed by atoms with Crippen LogP contribution in [-0.2, 0) is 9.84 Å². The summed E-state index contributed by atoms with van der Waals surface area (Å²) in [4.78, 5) is 1.95. The third-order valence-corrected chi connectivity index (χ3v) is 3.89. The molecule has 0 bridgehead atoms. The second-order valence-electron chi connectivity index (χ2n) is 4.70. The molecule has 0 spiro atoms. The second-order valence-corrected chi connectivity index (χ2v) is 6.63. The van der Waals surface area contributed by atoms with Gasteiger partial charge in [-0.25, -0.2) is 13.1 Å². The van der Waals surface area contributed by atoms with Crippen LogP contribution in [0.3, 0.4) is 0 Å². The Hall–Kier alpha value is -2.22. The number of benzene rings is 1. The molecule has 2 rings (SSSR count). The highest BCUT2D eigenvalue weighted by Crippen LogP contribution is 2.27. The smallest absolute Gasteiger partial charge is 0.202 e. The molecule has 0 amide bonds. The molecule has 0 aliphatic rings. The maximum Gasteiger partial charge on any atom is 0.202 e. The molecule has 0 radical (unpaired) electrons. The third-order valence-electron chi connectivity index (χ3n) is 2.89. The van der Waals surface area contributed by atoms with Crippen LogP contribution in [-0.4, -0.2) is 38.5 Å². The third kappa shape index (κ3) is 2.42. The lowest BCUT2D eigenvalue weighted by Crippen LogP contribution is -2.09. The summed E-state index contributed by atoms with van der Waals surface area (Å²) in [6, 6.07) is 7.36. The van der Waals surface area contributed by atoms with E-state index in [1.807, 2.05) is 31.1 Å². The summed E-state index contributed by atoms with van der Waals surface area (Å²) in [7, 11) is 0.345. The van der Waals surface area contributed by atoms with Crippen LogP contribution in [0.15, 0.2) is 29.3 Å². The lowest BCUT2D eigenvalue weighted by molar-refractivity contribution is 0.596. The van der Waals surface area contributed by atoms with E-state index in [1.54, 1.807) is 12.1 Å². The molecule has 0 aliphatic carbocycles. The molecule has 2 aromatic rings. The first-order valence-electron chi connectivity index (χ1n) is 5.83. The van der Waals surface area contributed by atoms with E-state index in [0.717, 1.165) is 11.9 Å². The van der Waals surface area contributed by atoms with Gasteiger partial charge in [0.25, 0.3) is 0 Å². The molecule has 0 fully saturated rings. The van der Waals surface area contributed by atoms with E-state index in [-0.39, 0.29) is 16.5 Å². The Balaban J connectivity index is 2.54. The van der Waals surface area contributed by atoms with Crippen LogP contribution in [0.4, 0.5) is 17.2 Å². The summed E-state index contributed by atoms with van der Waals surface area (Å²) in [5.41, 5.74) is 13.2. The highest BCUT2D eigenvalue weighted by Gasteiger charge is 2.21. The van der Waals surface area contributed by atoms with E-state index in [9.17, 15) is 8.42 Å². The lowest BCUT2D eigenvalue weighted by Gasteiger charge is -2.12. The molecule has 0 unspecified atom stereocenters. The fourth-order valence-corrected chi connectivity index (χ4v) is 2.52. The van der Waals surface area contributed by atoms with Crippen molar-refractivity contribution in [3.8, 4) is 5.69 Å². The van der Waals surface area contributed by atoms with Crippen LogP contribution in [0.25, 0.3) is 5.69 Å². The minimum atomic E-state index is -3.51. The van der Waals surface area contributed by atoms with Crippen molar-refractivity contribution in [1.82, 2.24) is 9.78 Å². The minimum absolute atomic E-state index is 0.0239. The van der Waals surface area contributed by atoms with Gasteiger partial charge in [-0.1, -0.05) is 0 Å². The molecule has 0 aliphatic heterocycles. The SMILES string of the molecule is CN(C)c1ccc(-n2nc(S(C)(=O)=O)c(N)c2N)cc1. The van der Waals surface area contributed by atoms with Gasteiger partial charge >= 0.3 is 0 Å². The Bertz CT molecular complexity index is 732. The molecule has 1 heterocycles. The van der Waals surface area contributed by atoms with Gasteiger partial charge in [-0.2, -0.15) is 5.10 Å². The van der Waals surface area contributed by atoms with Gasteiger partial charge < -0.3 is 16.4 Å². The maximum absolute atomic E-state index is 11.6. The van der Waals surface area contributed by atoms with Gasteiger partial charge in [-0.15, -0.1) is 0 Å². The number of rotatable bonds is 3. The number of aromatic nitrogens is 2. The normalized spacial score (nSPS) is 11.6. The summed E-state index contributed by atoms with van der Waals surface area (Å²) in [6.45, 7) is 0. The van der Waals surface area contributed by atoms with Crippen LogP contribution >= 0.6 is 0 Å². The number of sulfone groups is 1. The van der Waals surface area contributed by atoms with Crippen LogP contribution in [0.1, 0.15) is 0 Å². The molecular weight excluding hydrogens is 278 g/mol. The zero-order valence-corrected chi connectivity index (χ0v) is 12.3. The molecule has 1 aromatic heterocycles. The lowest BCUT2D eigenvalue weighted by atomic mass is 10.2. The van der Waals surface area contributed by atoms with Crippen molar-refractivity contribution in [2.24, 2.45) is 0 Å². The largest absolute Gasteiger partial charge is 0.393 e. The quantitative estimate of drug-likeness (QED) is 0.854. The summed E-state index contributed by atoms with van der Waals surface area (Å²) in [6.07, 6.45) is 1.05. The van der Waals surface area contributed by atoms with Crippen molar-refractivity contribution in [1.29, 1.82) is 0 Å². The van der Waals surface area contributed by atoms with Gasteiger partial charge in [-0.3, -0.25) is 0 Å². The van der Waals surface area contributed by atoms with Crippen LogP contribution in [0.2, 0.25) is 0 Å². The Morgan fingerprint density at radius 2 is 1.70 bits per heavy atom. The van der Waals surface area contributed by atoms with Crippen LogP contribution in [0.5, 0.6) is 0 Å². The highest BCUT2D eigenvalue weighted by molar-refractivity contribution is 7.90. The predicted octanol–water partition coefficient (Wildman–Crippen LogP) is 0.506. The summed E-state index contributed by atoms with van der Waals surface area (Å²) >= 11 is 0. The first-order valence-corrected chi connectivity index (χ1v) is 7.72. The fourth-order valence-electron chi connectivity index (χ4n) is 1.78. The van der Waals surface area contributed by atoms with E-state index >= 15 is 0 Å². The standard InChI is InChI=1S/C12H17N5O2S/c1-16(2)8-4-6-9(7-5-8)17-11(14)10(13)12(15-17)20(3,18)19/h4-7H,13-14H2,1-3H3. The number of hydrogen-bond acceptors (Lipinski definition) is 6. The average molecular weight is 295 g/mol. The Morgan fingerprint density at radius 3 is 2.10 bits per heavy atom. The molecule has 7 nitrogen and oxygen atoms in total. The monoisotopic (exact) mass is 295 g/mol. The fraction of sp³-hybridized carbons (Fsp3) is 0.250. The topological polar surface area (TPSA) is 107 Å². The van der Waals surface area contributed by atoms with Gasteiger partial charge in [0.15, 0.2) is 15.7 Å². The van der Waals surface area contributed by atoms with E-state index < -0.39 is 9.84 Å². The zero-order valence-electron chi connectivity index (χ0n) is 11.5. The van der Waals surface area contributed by atoms with Gasteiger partial charge in [0.2, 0.25) is 5.03 Å². The van der Waals surface area contributed by atoms with E-state index in [1.165, 1.54) is 4.68 Å². The summed E-state index contributed by atoms with van der Waals surface area (Å²) < 4.78 is 24.5. The second kappa shape index (κ2) is 4.71. The molecular formula is C12H17N5O2S. The number of hydrogen-bond donors (Lipinski definition) is 2. The Morgan fingerprint density at radius 1 is 1.15 bits per heavy atom. The molecule has 4 N–H and O–H groups in total. The molecule has 0 saturated heterocycles. The van der Waals surface area contributed by atoms with Gasteiger partial charge in [0.05, 0.1) is 5.69 Å². The van der Waals surface area contributed by atoms with Crippen LogP contribution < -0.4 is 16.4 Å². The van der Waals surface area contributed by atoms with Gasteiger partial charge in [0.1, 0.15) is 5.69 Å². The zero-order chi connectivity index (χ0) is 15.1. The minimum Gasteiger partial charge on any atom is -0.393 e. The van der Waals surface area contributed by atoms with Crippen molar-refractivity contribution in [2.45, 2.75) is 5.03 Å². The first kappa shape index (κ1) is 14.2. The highest BCUT2D eigenvalue weighted by atomic mass is 32.2. The number of nitrogen functional groups attached to an aromatic ring is 2. The number of nitrogens with zero attached hydrogens (tertiary/aromatic N) is 3. The van der Waals surface area contributed by atoms with E-state index in [0.29, 0.717) is 5.69 Å². The molecule has 20 heavy (non-hydrogen) atoms. The van der Waals surface area contributed by atoms with Gasteiger partial charge in [0, 0.05) is 26.0 Å². The van der Waals surface area contributed by atoms with Crippen molar-refractivity contribution < 1.29 is 8.42 Å². The van der Waals surface area contributed by atoms with E-state index in [4.69, 9.17) is 11.5 Å². The molecule has 8 heteroatoms. The number of anilines is 3. The molecule has 108 valence electrons. The van der Waals surface area contributed by atoms with Gasteiger partial charge in [-0.05, 0) is 24.3 Å². The summed E-state index contributed by atoms with van der Waals surface area (Å²) in [5, 5.41) is 3.79. The Kier molecular flexibility index (Phi) is 3.34. The van der Waals surface area contributed by atoms with Crippen molar-refractivity contribution in [3.05, 3.63) is 24.3 Å². The average Bonchev–Trinajstić information content (AvgIpc) is 2.66. The number of nitrogens with two attached hydrogens (primary N) is 2. The van der Waals surface area contributed by atoms with Crippen molar-refractivity contribution in [3.63, 3.8) is 0 Å². The molecule has 0 atom stereocenters. The summed E-state index contributed by atoms with van der Waals surface area (Å²) in [5.74, 6) is 0.114. The molecule has 0 saturated carbocycles. The van der Waals surface area contributed by atoms with Crippen LogP contribution in [0, 0.1) is 0 Å². The first-order chi connectivity index (χ1) is 9.21. The van der Waals surface area contributed by atoms with Crippen molar-refractivity contribution >= 4 is 27.0 Å².